The van der Waals surface area contributed by atoms with Gasteiger partial charge in [-0.05, 0) is 37.9 Å². The van der Waals surface area contributed by atoms with Crippen molar-refractivity contribution >= 4 is 11.9 Å². The molecule has 3 rings (SSSR count). The van der Waals surface area contributed by atoms with Crippen LogP contribution in [0.5, 0.6) is 0 Å². The number of furan rings is 1. The minimum atomic E-state index is -0.0523. The molecule has 0 aliphatic carbocycles. The van der Waals surface area contributed by atoms with Gasteiger partial charge in [-0.1, -0.05) is 0 Å². The Hall–Kier alpha value is -2.02. The number of piperidine rings is 2. The van der Waals surface area contributed by atoms with Crippen molar-refractivity contribution in [2.45, 2.75) is 31.8 Å². The van der Waals surface area contributed by atoms with Gasteiger partial charge in [-0.3, -0.25) is 4.79 Å². The van der Waals surface area contributed by atoms with Crippen molar-refractivity contribution in [3.63, 3.8) is 0 Å². The first-order valence-corrected chi connectivity index (χ1v) is 8.68. The minimum absolute atomic E-state index is 0.0523. The predicted octanol–water partition coefficient (Wildman–Crippen LogP) is 1.02. The predicted molar refractivity (Wildman–Crippen MR) is 89.3 cm³/mol. The number of urea groups is 1. The Labute approximate surface area is 142 Å². The lowest BCUT2D eigenvalue weighted by Gasteiger charge is -2.47. The second-order valence-corrected chi connectivity index (χ2v) is 6.53. The van der Waals surface area contributed by atoms with Crippen molar-refractivity contribution in [2.75, 3.05) is 33.2 Å². The van der Waals surface area contributed by atoms with E-state index < -0.39 is 0 Å². The van der Waals surface area contributed by atoms with Crippen molar-refractivity contribution in [3.8, 4) is 0 Å². The van der Waals surface area contributed by atoms with Crippen LogP contribution in [0.25, 0.3) is 0 Å². The summed E-state index contributed by atoms with van der Waals surface area (Å²) in [7, 11) is 1.90. The van der Waals surface area contributed by atoms with Crippen molar-refractivity contribution in [1.29, 1.82) is 0 Å². The van der Waals surface area contributed by atoms with E-state index in [1.54, 1.807) is 6.26 Å². The number of amides is 3. The number of nitrogens with one attached hydrogen (secondary N) is 2. The third-order valence-electron chi connectivity index (χ3n) is 5.03. The molecule has 132 valence electrons. The van der Waals surface area contributed by atoms with Gasteiger partial charge in [-0.25, -0.2) is 4.79 Å². The fourth-order valence-electron chi connectivity index (χ4n) is 3.75. The Balaban J connectivity index is 1.54. The van der Waals surface area contributed by atoms with E-state index in [1.807, 2.05) is 29.0 Å². The maximum absolute atomic E-state index is 12.4. The van der Waals surface area contributed by atoms with E-state index in [4.69, 9.17) is 4.42 Å². The van der Waals surface area contributed by atoms with Gasteiger partial charge in [-0.2, -0.15) is 0 Å². The molecule has 3 amide bonds. The van der Waals surface area contributed by atoms with Crippen molar-refractivity contribution < 1.29 is 14.0 Å². The Morgan fingerprint density at radius 1 is 1.42 bits per heavy atom. The largest absolute Gasteiger partial charge is 0.467 e. The van der Waals surface area contributed by atoms with Crippen LogP contribution in [0.1, 0.15) is 25.0 Å². The molecule has 0 spiro atoms. The minimum Gasteiger partial charge on any atom is -0.467 e. The van der Waals surface area contributed by atoms with Gasteiger partial charge < -0.3 is 24.9 Å². The summed E-state index contributed by atoms with van der Waals surface area (Å²) in [5.41, 5.74) is 0. The summed E-state index contributed by atoms with van der Waals surface area (Å²) in [6, 6.07) is 3.88. The van der Waals surface area contributed by atoms with Crippen LogP contribution in [-0.4, -0.2) is 61.0 Å². The number of nitrogens with zero attached hydrogens (tertiary/aromatic N) is 2. The van der Waals surface area contributed by atoms with Crippen LogP contribution in [0.2, 0.25) is 0 Å². The van der Waals surface area contributed by atoms with Gasteiger partial charge >= 0.3 is 6.03 Å². The third kappa shape index (κ3) is 3.72. The summed E-state index contributed by atoms with van der Waals surface area (Å²) >= 11 is 0. The summed E-state index contributed by atoms with van der Waals surface area (Å²) in [6.07, 6.45) is 3.92. The van der Waals surface area contributed by atoms with Crippen LogP contribution in [-0.2, 0) is 11.3 Å². The summed E-state index contributed by atoms with van der Waals surface area (Å²) in [5, 5.41) is 6.02. The number of fused-ring (bicyclic) bond motifs is 1. The monoisotopic (exact) mass is 334 g/mol. The highest BCUT2D eigenvalue weighted by molar-refractivity contribution is 5.78. The summed E-state index contributed by atoms with van der Waals surface area (Å²) < 4.78 is 5.24. The van der Waals surface area contributed by atoms with E-state index in [9.17, 15) is 9.59 Å². The van der Waals surface area contributed by atoms with Gasteiger partial charge in [0, 0.05) is 38.6 Å². The normalized spacial score (nSPS) is 24.0. The molecule has 0 aromatic carbocycles. The molecule has 1 aromatic heterocycles. The maximum Gasteiger partial charge on any atom is 0.317 e. The zero-order valence-electron chi connectivity index (χ0n) is 14.2. The molecule has 2 atom stereocenters. The highest BCUT2D eigenvalue weighted by Crippen LogP contribution is 2.31. The smallest absolute Gasteiger partial charge is 0.317 e. The van der Waals surface area contributed by atoms with E-state index in [-0.39, 0.29) is 18.0 Å². The fraction of sp³-hybridized carbons (Fsp3) is 0.647. The van der Waals surface area contributed by atoms with Gasteiger partial charge in [0.25, 0.3) is 0 Å². The van der Waals surface area contributed by atoms with Gasteiger partial charge in [0.15, 0.2) is 0 Å². The van der Waals surface area contributed by atoms with Gasteiger partial charge in [-0.15, -0.1) is 0 Å². The second-order valence-electron chi connectivity index (χ2n) is 6.53. The maximum atomic E-state index is 12.4. The fourth-order valence-corrected chi connectivity index (χ4v) is 3.75. The lowest BCUT2D eigenvalue weighted by atomic mass is 9.83. The van der Waals surface area contributed by atoms with Crippen molar-refractivity contribution in [3.05, 3.63) is 24.2 Å². The highest BCUT2D eigenvalue weighted by Gasteiger charge is 2.39. The molecule has 0 saturated carbocycles. The molecular formula is C17H26N4O3. The number of likely N-dealkylation sites (N-methyl/N-ethyl adjacent to an activating group) is 1. The van der Waals surface area contributed by atoms with Crippen molar-refractivity contribution in [1.82, 2.24) is 20.4 Å². The molecular weight excluding hydrogens is 308 g/mol. The quantitative estimate of drug-likeness (QED) is 0.843. The number of hydrogen-bond acceptors (Lipinski definition) is 4. The molecule has 0 bridgehead atoms. The molecule has 2 aliphatic heterocycles. The van der Waals surface area contributed by atoms with Gasteiger partial charge in [0.2, 0.25) is 5.91 Å². The molecule has 2 saturated heterocycles. The first kappa shape index (κ1) is 16.8. The van der Waals surface area contributed by atoms with Gasteiger partial charge in [0.05, 0.1) is 12.8 Å². The topological polar surface area (TPSA) is 77.8 Å². The number of likely N-dealkylation sites (tertiary alicyclic amines) is 2. The molecule has 0 unspecified atom stereocenters. The number of carbonyl (C=O) groups is 2. The Kier molecular flexibility index (Phi) is 5.40. The Morgan fingerprint density at radius 2 is 2.29 bits per heavy atom. The molecule has 2 fully saturated rings. The van der Waals surface area contributed by atoms with E-state index >= 15 is 0 Å². The molecule has 2 N–H and O–H groups in total. The number of carbonyl (C=O) groups excluding carboxylic acids is 2. The summed E-state index contributed by atoms with van der Waals surface area (Å²) in [5.74, 6) is 1.38. The summed E-state index contributed by atoms with van der Waals surface area (Å²) in [4.78, 5) is 28.5. The van der Waals surface area contributed by atoms with Gasteiger partial charge in [0.1, 0.15) is 5.76 Å². The van der Waals surface area contributed by atoms with Crippen LogP contribution in [0.15, 0.2) is 22.8 Å². The lowest BCUT2D eigenvalue weighted by Crippen LogP contribution is -2.58. The molecule has 1 aromatic rings. The first-order chi connectivity index (χ1) is 11.7. The molecule has 24 heavy (non-hydrogen) atoms. The highest BCUT2D eigenvalue weighted by atomic mass is 16.3. The SMILES string of the molecule is CNCCN1C(=O)CC[C@H]2CN(C(=O)NCc3ccco3)CC[C@H]21. The second kappa shape index (κ2) is 7.70. The summed E-state index contributed by atoms with van der Waals surface area (Å²) in [6.45, 7) is 3.37. The standard InChI is InChI=1S/C17H26N4O3/c1-18-7-9-21-15-6-8-20(12-13(15)4-5-16(21)22)17(23)19-11-14-3-2-10-24-14/h2-3,10,13,15,18H,4-9,11-12H2,1H3,(H,19,23)/t13-,15+/m0/s1. The Morgan fingerprint density at radius 3 is 3.04 bits per heavy atom. The van der Waals surface area contributed by atoms with E-state index in [2.05, 4.69) is 10.6 Å². The molecule has 0 radical (unpaired) electrons. The molecule has 3 heterocycles. The average Bonchev–Trinajstić information content (AvgIpc) is 3.12. The van der Waals surface area contributed by atoms with E-state index in [0.717, 1.165) is 38.2 Å². The third-order valence-corrected chi connectivity index (χ3v) is 5.03. The van der Waals surface area contributed by atoms with Crippen LogP contribution in [0.3, 0.4) is 0 Å². The van der Waals surface area contributed by atoms with E-state index in [1.165, 1.54) is 0 Å². The average molecular weight is 334 g/mol. The van der Waals surface area contributed by atoms with Crippen LogP contribution >= 0.6 is 0 Å². The first-order valence-electron chi connectivity index (χ1n) is 8.68. The van der Waals surface area contributed by atoms with Crippen molar-refractivity contribution in [2.24, 2.45) is 5.92 Å². The van der Waals surface area contributed by atoms with E-state index in [0.29, 0.717) is 25.4 Å². The molecule has 7 heteroatoms. The molecule has 2 aliphatic rings. The number of hydrogen-bond donors (Lipinski definition) is 2. The van der Waals surface area contributed by atoms with Crippen LogP contribution in [0.4, 0.5) is 4.79 Å². The zero-order valence-corrected chi connectivity index (χ0v) is 14.2. The lowest BCUT2D eigenvalue weighted by molar-refractivity contribution is -0.140. The number of rotatable bonds is 5. The molecule has 7 nitrogen and oxygen atoms in total. The van der Waals surface area contributed by atoms with Crippen LogP contribution in [0, 0.1) is 5.92 Å². The Bertz CT molecular complexity index is 560. The zero-order chi connectivity index (χ0) is 16.9. The van der Waals surface area contributed by atoms with Crippen LogP contribution < -0.4 is 10.6 Å².